The highest BCUT2D eigenvalue weighted by molar-refractivity contribution is 5.84. The number of hydrogen-bond donors (Lipinski definition) is 3. The van der Waals surface area contributed by atoms with Gasteiger partial charge in [-0.1, -0.05) is 12.1 Å². The van der Waals surface area contributed by atoms with Gasteiger partial charge in [0.15, 0.2) is 11.5 Å². The van der Waals surface area contributed by atoms with Crippen molar-refractivity contribution in [2.24, 2.45) is 0 Å². The number of β-amino-alcohol motifs (C(OH)–C–C–N with tert-alkyl or cyclic N) is 1. The number of nitrogens with zero attached hydrogens (tertiary/aromatic N) is 5. The SMILES string of the molecule is COc1cc(Nc2nc(-c3ccc4cn[nH]c4c3)cn3ccnc23)ccc1N1CC[C@@H](O)C1. The highest BCUT2D eigenvalue weighted by Gasteiger charge is 2.23. The number of fused-ring (bicyclic) bond motifs is 2. The van der Waals surface area contributed by atoms with Crippen molar-refractivity contribution < 1.29 is 9.84 Å². The smallest absolute Gasteiger partial charge is 0.180 e. The van der Waals surface area contributed by atoms with Crippen LogP contribution in [0.25, 0.3) is 27.8 Å². The molecule has 1 saturated heterocycles. The first-order valence-corrected chi connectivity index (χ1v) is 10.8. The topological polar surface area (TPSA) is 104 Å². The number of H-pyrrole nitrogens is 1. The molecular formula is C24H23N7O2. The maximum Gasteiger partial charge on any atom is 0.180 e. The lowest BCUT2D eigenvalue weighted by molar-refractivity contribution is 0.198. The number of nitrogens with one attached hydrogen (secondary N) is 2. The minimum Gasteiger partial charge on any atom is -0.495 e. The molecule has 1 atom stereocenters. The molecule has 3 N–H and O–H groups in total. The largest absolute Gasteiger partial charge is 0.495 e. The zero-order valence-corrected chi connectivity index (χ0v) is 18.1. The molecule has 1 aliphatic heterocycles. The van der Waals surface area contributed by atoms with Crippen LogP contribution in [0.15, 0.2) is 61.2 Å². The fourth-order valence-corrected chi connectivity index (χ4v) is 4.36. The number of aromatic amines is 1. The van der Waals surface area contributed by atoms with Gasteiger partial charge >= 0.3 is 0 Å². The van der Waals surface area contributed by atoms with Crippen LogP contribution in [0.1, 0.15) is 6.42 Å². The fourth-order valence-electron chi connectivity index (χ4n) is 4.36. The van der Waals surface area contributed by atoms with Crippen LogP contribution < -0.4 is 15.0 Å². The Morgan fingerprint density at radius 2 is 2.15 bits per heavy atom. The third-order valence-electron chi connectivity index (χ3n) is 6.06. The van der Waals surface area contributed by atoms with E-state index in [1.807, 2.05) is 53.2 Å². The molecule has 0 saturated carbocycles. The highest BCUT2D eigenvalue weighted by atomic mass is 16.5. The Morgan fingerprint density at radius 1 is 1.21 bits per heavy atom. The van der Waals surface area contributed by atoms with Crippen LogP contribution >= 0.6 is 0 Å². The highest BCUT2D eigenvalue weighted by Crippen LogP contribution is 2.35. The minimum absolute atomic E-state index is 0.297. The number of benzene rings is 2. The lowest BCUT2D eigenvalue weighted by Gasteiger charge is -2.21. The molecule has 0 amide bonds. The normalized spacial score (nSPS) is 16.1. The number of rotatable bonds is 5. The molecule has 0 unspecified atom stereocenters. The summed E-state index contributed by atoms with van der Waals surface area (Å²) in [5, 5.41) is 21.5. The van der Waals surface area contributed by atoms with Gasteiger partial charge in [0, 0.05) is 54.4 Å². The van der Waals surface area contributed by atoms with E-state index in [-0.39, 0.29) is 6.10 Å². The van der Waals surface area contributed by atoms with E-state index in [4.69, 9.17) is 9.72 Å². The van der Waals surface area contributed by atoms with Gasteiger partial charge in [0.05, 0.1) is 36.3 Å². The summed E-state index contributed by atoms with van der Waals surface area (Å²) in [6.07, 6.45) is 7.90. The van der Waals surface area contributed by atoms with E-state index in [2.05, 4.69) is 25.4 Å². The second kappa shape index (κ2) is 7.79. The predicted octanol–water partition coefficient (Wildman–Crippen LogP) is 3.60. The molecule has 33 heavy (non-hydrogen) atoms. The summed E-state index contributed by atoms with van der Waals surface area (Å²) in [6, 6.07) is 12.1. The second-order valence-electron chi connectivity index (χ2n) is 8.21. The van der Waals surface area contributed by atoms with Gasteiger partial charge < -0.3 is 24.5 Å². The summed E-state index contributed by atoms with van der Waals surface area (Å²) in [7, 11) is 1.66. The molecule has 0 spiro atoms. The first kappa shape index (κ1) is 19.6. The van der Waals surface area contributed by atoms with Crippen LogP contribution in [-0.4, -0.2) is 56.0 Å². The van der Waals surface area contributed by atoms with E-state index in [0.29, 0.717) is 12.4 Å². The third kappa shape index (κ3) is 3.52. The molecular weight excluding hydrogens is 418 g/mol. The van der Waals surface area contributed by atoms with Gasteiger partial charge in [-0.2, -0.15) is 5.10 Å². The quantitative estimate of drug-likeness (QED) is 0.383. The van der Waals surface area contributed by atoms with Crippen molar-refractivity contribution in [1.29, 1.82) is 0 Å². The summed E-state index contributed by atoms with van der Waals surface area (Å²) in [6.45, 7) is 1.42. The van der Waals surface area contributed by atoms with Gasteiger partial charge in [-0.3, -0.25) is 5.10 Å². The zero-order chi connectivity index (χ0) is 22.4. The molecule has 1 aliphatic rings. The van der Waals surface area contributed by atoms with Crippen LogP contribution in [0.3, 0.4) is 0 Å². The molecule has 9 heteroatoms. The Labute approximate surface area is 189 Å². The molecule has 5 aromatic rings. The Bertz CT molecular complexity index is 1460. The summed E-state index contributed by atoms with van der Waals surface area (Å²) in [4.78, 5) is 11.5. The number of hydrogen-bond acceptors (Lipinski definition) is 7. The summed E-state index contributed by atoms with van der Waals surface area (Å²) >= 11 is 0. The lowest BCUT2D eigenvalue weighted by Crippen LogP contribution is -2.21. The molecule has 0 bridgehead atoms. The number of anilines is 3. The summed E-state index contributed by atoms with van der Waals surface area (Å²) in [5.74, 6) is 1.39. The lowest BCUT2D eigenvalue weighted by atomic mass is 10.1. The van der Waals surface area contributed by atoms with Crippen molar-refractivity contribution in [3.05, 3.63) is 61.2 Å². The number of methoxy groups -OCH3 is 1. The maximum absolute atomic E-state index is 9.90. The monoisotopic (exact) mass is 441 g/mol. The molecule has 6 rings (SSSR count). The Hall–Kier alpha value is -4.11. The van der Waals surface area contributed by atoms with Crippen LogP contribution in [0.5, 0.6) is 5.75 Å². The van der Waals surface area contributed by atoms with E-state index >= 15 is 0 Å². The van der Waals surface area contributed by atoms with Crippen LogP contribution in [0.4, 0.5) is 17.2 Å². The molecule has 1 fully saturated rings. The number of ether oxygens (including phenoxy) is 1. The number of imidazole rings is 1. The molecule has 2 aromatic carbocycles. The molecule has 9 nitrogen and oxygen atoms in total. The van der Waals surface area contributed by atoms with E-state index < -0.39 is 0 Å². The van der Waals surface area contributed by atoms with E-state index in [1.54, 1.807) is 19.5 Å². The van der Waals surface area contributed by atoms with E-state index in [9.17, 15) is 5.11 Å². The van der Waals surface area contributed by atoms with Gasteiger partial charge in [0.25, 0.3) is 0 Å². The van der Waals surface area contributed by atoms with Gasteiger partial charge in [-0.15, -0.1) is 0 Å². The minimum atomic E-state index is -0.297. The number of aromatic nitrogens is 5. The van der Waals surface area contributed by atoms with Crippen LogP contribution in [0, 0.1) is 0 Å². The molecule has 0 radical (unpaired) electrons. The molecule has 166 valence electrons. The maximum atomic E-state index is 9.90. The van der Waals surface area contributed by atoms with E-state index in [0.717, 1.165) is 57.9 Å². The Morgan fingerprint density at radius 3 is 3.00 bits per heavy atom. The Balaban J connectivity index is 1.37. The number of aliphatic hydroxyl groups excluding tert-OH is 1. The zero-order valence-electron chi connectivity index (χ0n) is 18.1. The average molecular weight is 441 g/mol. The standard InChI is InChI=1S/C24H23N7O2/c1-33-22-11-17(4-5-21(22)30-8-6-18(32)13-30)27-23-24-25-7-9-31(24)14-20(28-23)15-2-3-16-12-26-29-19(16)10-15/h2-5,7,9-12,14,18,32H,6,8,13H2,1H3,(H,26,29)(H,27,28)/t18-/m1/s1. The second-order valence-corrected chi connectivity index (χ2v) is 8.21. The average Bonchev–Trinajstić information content (AvgIpc) is 3.59. The van der Waals surface area contributed by atoms with Crippen molar-refractivity contribution >= 4 is 33.7 Å². The third-order valence-corrected chi connectivity index (χ3v) is 6.06. The van der Waals surface area contributed by atoms with Gasteiger partial charge in [0.1, 0.15) is 5.75 Å². The van der Waals surface area contributed by atoms with Crippen molar-refractivity contribution in [2.75, 3.05) is 30.4 Å². The van der Waals surface area contributed by atoms with Gasteiger partial charge in [-0.25, -0.2) is 9.97 Å². The van der Waals surface area contributed by atoms with Crippen molar-refractivity contribution in [2.45, 2.75) is 12.5 Å². The van der Waals surface area contributed by atoms with Gasteiger partial charge in [-0.05, 0) is 24.6 Å². The predicted molar refractivity (Wildman–Crippen MR) is 127 cm³/mol. The first-order valence-electron chi connectivity index (χ1n) is 10.8. The van der Waals surface area contributed by atoms with Crippen molar-refractivity contribution in [3.8, 4) is 17.0 Å². The number of aliphatic hydroxyl groups is 1. The van der Waals surface area contributed by atoms with Gasteiger partial charge in [0.2, 0.25) is 0 Å². The van der Waals surface area contributed by atoms with E-state index in [1.165, 1.54) is 0 Å². The molecule has 0 aliphatic carbocycles. The Kier molecular flexibility index (Phi) is 4.62. The fraction of sp³-hybridized carbons (Fsp3) is 0.208. The summed E-state index contributed by atoms with van der Waals surface area (Å²) in [5.41, 5.74) is 5.29. The van der Waals surface area contributed by atoms with Crippen LogP contribution in [-0.2, 0) is 0 Å². The van der Waals surface area contributed by atoms with Crippen molar-refractivity contribution in [1.82, 2.24) is 24.6 Å². The molecule has 3 aromatic heterocycles. The molecule has 4 heterocycles. The van der Waals surface area contributed by atoms with Crippen LogP contribution in [0.2, 0.25) is 0 Å². The first-order chi connectivity index (χ1) is 16.2. The van der Waals surface area contributed by atoms with Crippen molar-refractivity contribution in [3.63, 3.8) is 0 Å². The summed E-state index contributed by atoms with van der Waals surface area (Å²) < 4.78 is 7.61.